The number of aryl methyl sites for hydroxylation is 1. The van der Waals surface area contributed by atoms with Gasteiger partial charge in [-0.15, -0.1) is 0 Å². The van der Waals surface area contributed by atoms with E-state index in [-0.39, 0.29) is 0 Å². The van der Waals surface area contributed by atoms with Crippen molar-refractivity contribution in [3.63, 3.8) is 0 Å². The van der Waals surface area contributed by atoms with Crippen LogP contribution in [-0.2, 0) is 9.47 Å². The number of anilines is 1. The van der Waals surface area contributed by atoms with Gasteiger partial charge in [0.05, 0.1) is 11.1 Å². The minimum atomic E-state index is 0.690. The lowest BCUT2D eigenvalue weighted by Crippen LogP contribution is -2.30. The molecule has 4 nitrogen and oxygen atoms in total. The molecule has 0 saturated carbocycles. The van der Waals surface area contributed by atoms with Gasteiger partial charge in [0.15, 0.2) is 0 Å². The lowest BCUT2D eigenvalue weighted by atomic mass is 10.2. The van der Waals surface area contributed by atoms with Gasteiger partial charge in [-0.25, -0.2) is 4.98 Å². The fourth-order valence-corrected chi connectivity index (χ4v) is 2.16. The van der Waals surface area contributed by atoms with Crippen LogP contribution in [0.4, 0.5) is 5.82 Å². The Morgan fingerprint density at radius 3 is 2.61 bits per heavy atom. The fraction of sp³-hybridized carbons (Fsp3) is 0.615. The third kappa shape index (κ3) is 4.55. The zero-order valence-electron chi connectivity index (χ0n) is 11.3. The highest BCUT2D eigenvalue weighted by Gasteiger charge is 2.12. The molecule has 0 aliphatic rings. The van der Waals surface area contributed by atoms with E-state index in [1.54, 1.807) is 14.2 Å². The van der Waals surface area contributed by atoms with Crippen molar-refractivity contribution in [1.29, 1.82) is 0 Å². The van der Waals surface area contributed by atoms with E-state index in [2.05, 4.69) is 32.7 Å². The third-order valence-electron chi connectivity index (χ3n) is 2.71. The van der Waals surface area contributed by atoms with E-state index >= 15 is 0 Å². The first kappa shape index (κ1) is 15.4. The second kappa shape index (κ2) is 8.45. The summed E-state index contributed by atoms with van der Waals surface area (Å²) in [5.74, 6) is 0.975. The smallest absolute Gasteiger partial charge is 0.143 e. The molecule has 0 atom stereocenters. The third-order valence-corrected chi connectivity index (χ3v) is 3.69. The highest BCUT2D eigenvalue weighted by molar-refractivity contribution is 9.10. The van der Waals surface area contributed by atoms with Crippen LogP contribution in [0.3, 0.4) is 0 Å². The van der Waals surface area contributed by atoms with Crippen molar-refractivity contribution in [2.24, 2.45) is 0 Å². The van der Waals surface area contributed by atoms with Gasteiger partial charge in [-0.1, -0.05) is 0 Å². The van der Waals surface area contributed by atoms with Gasteiger partial charge in [-0.2, -0.15) is 0 Å². The number of pyridine rings is 1. The maximum atomic E-state index is 5.15. The van der Waals surface area contributed by atoms with Gasteiger partial charge >= 0.3 is 0 Å². The number of rotatable bonds is 8. The topological polar surface area (TPSA) is 34.6 Å². The molecule has 1 aromatic heterocycles. The molecule has 0 unspecified atom stereocenters. The number of ether oxygens (including phenoxy) is 2. The van der Waals surface area contributed by atoms with Crippen molar-refractivity contribution in [2.45, 2.75) is 13.3 Å². The molecular formula is C13H21BrN2O2. The van der Waals surface area contributed by atoms with Crippen LogP contribution in [0.5, 0.6) is 0 Å². The lowest BCUT2D eigenvalue weighted by molar-refractivity contribution is 0.191. The van der Waals surface area contributed by atoms with Crippen LogP contribution in [0, 0.1) is 6.92 Å². The Labute approximate surface area is 117 Å². The largest absolute Gasteiger partial charge is 0.385 e. The number of nitrogens with zero attached hydrogens (tertiary/aromatic N) is 2. The van der Waals surface area contributed by atoms with E-state index in [4.69, 9.17) is 9.47 Å². The number of hydrogen-bond acceptors (Lipinski definition) is 4. The van der Waals surface area contributed by atoms with Crippen LogP contribution in [0.15, 0.2) is 16.7 Å². The Balaban J connectivity index is 2.76. The van der Waals surface area contributed by atoms with E-state index in [1.807, 2.05) is 12.3 Å². The molecule has 5 heteroatoms. The Hall–Kier alpha value is -0.650. The molecule has 1 heterocycles. The monoisotopic (exact) mass is 316 g/mol. The average molecular weight is 317 g/mol. The molecule has 0 bridgehead atoms. The van der Waals surface area contributed by atoms with Crippen molar-refractivity contribution in [3.05, 3.63) is 22.3 Å². The van der Waals surface area contributed by atoms with Gasteiger partial charge in [0.2, 0.25) is 0 Å². The predicted octanol–water partition coefficient (Wildman–Crippen LogP) is 2.64. The van der Waals surface area contributed by atoms with Crippen LogP contribution in [0.1, 0.15) is 12.0 Å². The Morgan fingerprint density at radius 1 is 1.22 bits per heavy atom. The quantitative estimate of drug-likeness (QED) is 0.691. The maximum absolute atomic E-state index is 5.15. The zero-order chi connectivity index (χ0) is 13.4. The van der Waals surface area contributed by atoms with Crippen LogP contribution in [-0.4, -0.2) is 45.5 Å². The molecule has 0 spiro atoms. The highest BCUT2D eigenvalue weighted by atomic mass is 79.9. The fourth-order valence-electron chi connectivity index (χ4n) is 1.67. The summed E-state index contributed by atoms with van der Waals surface area (Å²) < 4.78 is 11.3. The van der Waals surface area contributed by atoms with Crippen LogP contribution in [0.2, 0.25) is 0 Å². The van der Waals surface area contributed by atoms with Crippen LogP contribution >= 0.6 is 15.9 Å². The van der Waals surface area contributed by atoms with Gasteiger partial charge in [0, 0.05) is 40.1 Å². The SMILES string of the molecule is COCCCN(CCOC)c1nccc(C)c1Br. The summed E-state index contributed by atoms with van der Waals surface area (Å²) in [6.07, 6.45) is 2.81. The molecule has 1 rings (SSSR count). The first-order valence-corrected chi connectivity index (χ1v) is 6.84. The number of hydrogen-bond donors (Lipinski definition) is 0. The molecule has 0 aliphatic carbocycles. The van der Waals surface area contributed by atoms with E-state index in [9.17, 15) is 0 Å². The minimum absolute atomic E-state index is 0.690. The van der Waals surface area contributed by atoms with E-state index in [1.165, 1.54) is 5.56 Å². The Kier molecular flexibility index (Phi) is 7.23. The average Bonchev–Trinajstić information content (AvgIpc) is 2.37. The van der Waals surface area contributed by atoms with Crippen LogP contribution < -0.4 is 4.90 Å². The first-order valence-electron chi connectivity index (χ1n) is 6.04. The second-order valence-electron chi connectivity index (χ2n) is 4.09. The summed E-state index contributed by atoms with van der Waals surface area (Å²) in [5.41, 5.74) is 1.19. The molecule has 18 heavy (non-hydrogen) atoms. The summed E-state index contributed by atoms with van der Waals surface area (Å²) in [4.78, 5) is 6.68. The van der Waals surface area contributed by atoms with Gasteiger partial charge < -0.3 is 14.4 Å². The van der Waals surface area contributed by atoms with Crippen molar-refractivity contribution < 1.29 is 9.47 Å². The van der Waals surface area contributed by atoms with Gasteiger partial charge in [-0.3, -0.25) is 0 Å². The summed E-state index contributed by atoms with van der Waals surface area (Å²) in [5, 5.41) is 0. The standard InChI is InChI=1S/C13H21BrN2O2/c1-11-5-6-15-13(12(11)14)16(8-10-18-3)7-4-9-17-2/h5-6H,4,7-10H2,1-3H3. The summed E-state index contributed by atoms with van der Waals surface area (Å²) in [6.45, 7) is 5.25. The number of aromatic nitrogens is 1. The van der Waals surface area contributed by atoms with Crippen molar-refractivity contribution in [1.82, 2.24) is 4.98 Å². The highest BCUT2D eigenvalue weighted by Crippen LogP contribution is 2.26. The van der Waals surface area contributed by atoms with Gasteiger partial charge in [-0.05, 0) is 40.9 Å². The molecule has 0 aliphatic heterocycles. The van der Waals surface area contributed by atoms with E-state index in [0.29, 0.717) is 6.61 Å². The first-order chi connectivity index (χ1) is 8.70. The summed E-state index contributed by atoms with van der Waals surface area (Å²) in [7, 11) is 3.44. The molecule has 102 valence electrons. The van der Waals surface area contributed by atoms with Crippen molar-refractivity contribution >= 4 is 21.7 Å². The van der Waals surface area contributed by atoms with Gasteiger partial charge in [0.25, 0.3) is 0 Å². The molecule has 0 aromatic carbocycles. The van der Waals surface area contributed by atoms with E-state index < -0.39 is 0 Å². The Morgan fingerprint density at radius 2 is 1.94 bits per heavy atom. The molecule has 0 N–H and O–H groups in total. The Bertz CT molecular complexity index is 361. The molecule has 0 fully saturated rings. The zero-order valence-corrected chi connectivity index (χ0v) is 12.9. The molecular weight excluding hydrogens is 296 g/mol. The van der Waals surface area contributed by atoms with Crippen molar-refractivity contribution in [3.8, 4) is 0 Å². The lowest BCUT2D eigenvalue weighted by Gasteiger charge is -2.24. The summed E-state index contributed by atoms with van der Waals surface area (Å²) in [6, 6.07) is 2.00. The molecule has 0 amide bonds. The number of halogens is 1. The summed E-state index contributed by atoms with van der Waals surface area (Å²) >= 11 is 3.61. The second-order valence-corrected chi connectivity index (χ2v) is 4.88. The van der Waals surface area contributed by atoms with E-state index in [0.717, 1.165) is 36.4 Å². The molecule has 0 saturated heterocycles. The minimum Gasteiger partial charge on any atom is -0.385 e. The number of methoxy groups -OCH3 is 2. The van der Waals surface area contributed by atoms with Crippen molar-refractivity contribution in [2.75, 3.05) is 45.4 Å². The van der Waals surface area contributed by atoms with Crippen LogP contribution in [0.25, 0.3) is 0 Å². The van der Waals surface area contributed by atoms with Gasteiger partial charge in [0.1, 0.15) is 5.82 Å². The molecule has 1 aromatic rings. The molecule has 0 radical (unpaired) electrons. The maximum Gasteiger partial charge on any atom is 0.143 e. The normalized spacial score (nSPS) is 10.7. The predicted molar refractivity (Wildman–Crippen MR) is 77.3 cm³/mol.